The number of anilines is 1. The fourth-order valence-corrected chi connectivity index (χ4v) is 4.17. The van der Waals surface area contributed by atoms with Crippen molar-refractivity contribution in [3.8, 4) is 18.1 Å². The molecule has 0 unspecified atom stereocenters. The zero-order valence-electron chi connectivity index (χ0n) is 24.5. The van der Waals surface area contributed by atoms with E-state index in [0.717, 1.165) is 0 Å². The van der Waals surface area contributed by atoms with Crippen LogP contribution >= 0.6 is 0 Å². The first-order valence-corrected chi connectivity index (χ1v) is 13.3. The summed E-state index contributed by atoms with van der Waals surface area (Å²) in [6, 6.07) is 10.4. The highest BCUT2D eigenvalue weighted by atomic mass is 19.2. The Hall–Kier alpha value is -5.25. The van der Waals surface area contributed by atoms with Gasteiger partial charge in [0.1, 0.15) is 5.82 Å². The first-order chi connectivity index (χ1) is 21.1. The largest absolute Gasteiger partial charge is 0.443 e. The Morgan fingerprint density at radius 2 is 1.56 bits per heavy atom. The molecule has 8 nitrogen and oxygen atoms in total. The number of halogens is 5. The van der Waals surface area contributed by atoms with Crippen molar-refractivity contribution in [3.63, 3.8) is 0 Å². The van der Waals surface area contributed by atoms with E-state index in [1.54, 1.807) is 50.8 Å². The number of rotatable bonds is 8. The predicted molar refractivity (Wildman–Crippen MR) is 154 cm³/mol. The van der Waals surface area contributed by atoms with E-state index in [4.69, 9.17) is 11.2 Å². The molecule has 0 radical (unpaired) electrons. The van der Waals surface area contributed by atoms with Crippen LogP contribution in [0.15, 0.2) is 47.3 Å². The standard InChI is InChI=1S/C32H26F5N3O5/c1-6-13-39(20-10-8-19(9-11-20)30(42)45-28-26(36)24(34)23(33)25(35)27(28)37)15-18-7-12-22-21(14-18)29(41)40(17(2)38-22)16-44-31(43)32(3,4)5/h1,7-12,14H,13,15-16H2,2-5H3. The average Bonchev–Trinajstić information content (AvgIpc) is 3.00. The minimum atomic E-state index is -2.38. The Balaban J connectivity index is 1.56. The molecular weight excluding hydrogens is 601 g/mol. The molecule has 0 spiro atoms. The van der Waals surface area contributed by atoms with E-state index in [2.05, 4.69) is 15.6 Å². The number of esters is 2. The summed E-state index contributed by atoms with van der Waals surface area (Å²) in [4.78, 5) is 44.2. The van der Waals surface area contributed by atoms with Crippen molar-refractivity contribution in [2.24, 2.45) is 5.41 Å². The van der Waals surface area contributed by atoms with Crippen molar-refractivity contribution < 1.29 is 41.0 Å². The fourth-order valence-electron chi connectivity index (χ4n) is 4.17. The van der Waals surface area contributed by atoms with Gasteiger partial charge in [-0.25, -0.2) is 22.9 Å². The number of hydrogen-bond acceptors (Lipinski definition) is 7. The van der Waals surface area contributed by atoms with Gasteiger partial charge in [0.2, 0.25) is 34.8 Å². The van der Waals surface area contributed by atoms with Gasteiger partial charge in [-0.05, 0) is 69.7 Å². The van der Waals surface area contributed by atoms with Gasteiger partial charge in [0.25, 0.3) is 5.56 Å². The van der Waals surface area contributed by atoms with Crippen molar-refractivity contribution in [2.75, 3.05) is 11.4 Å². The van der Waals surface area contributed by atoms with Crippen LogP contribution in [0.1, 0.15) is 42.5 Å². The number of carbonyl (C=O) groups excluding carboxylic acids is 2. The zero-order chi connectivity index (χ0) is 33.2. The van der Waals surface area contributed by atoms with Crippen molar-refractivity contribution in [1.29, 1.82) is 0 Å². The molecule has 13 heteroatoms. The van der Waals surface area contributed by atoms with E-state index < -0.39 is 57.7 Å². The molecule has 234 valence electrons. The molecule has 3 aromatic carbocycles. The second kappa shape index (κ2) is 12.8. The summed E-state index contributed by atoms with van der Waals surface area (Å²) in [7, 11) is 0. The van der Waals surface area contributed by atoms with Gasteiger partial charge in [-0.2, -0.15) is 8.78 Å². The smallest absolute Gasteiger partial charge is 0.343 e. The van der Waals surface area contributed by atoms with Crippen molar-refractivity contribution in [1.82, 2.24) is 9.55 Å². The minimum Gasteiger partial charge on any atom is -0.443 e. The maximum atomic E-state index is 13.9. The van der Waals surface area contributed by atoms with E-state index in [0.29, 0.717) is 22.6 Å². The second-order valence-corrected chi connectivity index (χ2v) is 11.0. The third-order valence-electron chi connectivity index (χ3n) is 6.63. The summed E-state index contributed by atoms with van der Waals surface area (Å²) in [5, 5.41) is 0.275. The van der Waals surface area contributed by atoms with Gasteiger partial charge in [-0.3, -0.25) is 14.2 Å². The van der Waals surface area contributed by atoms with E-state index >= 15 is 0 Å². The van der Waals surface area contributed by atoms with Gasteiger partial charge in [-0.15, -0.1) is 6.42 Å². The molecule has 45 heavy (non-hydrogen) atoms. The molecule has 0 atom stereocenters. The summed E-state index contributed by atoms with van der Waals surface area (Å²) in [5.74, 6) is -12.1. The molecule has 0 amide bonds. The van der Waals surface area contributed by atoms with Crippen LogP contribution in [0.5, 0.6) is 5.75 Å². The van der Waals surface area contributed by atoms with Gasteiger partial charge in [0.05, 0.1) is 28.4 Å². The predicted octanol–water partition coefficient (Wildman–Crippen LogP) is 5.81. The monoisotopic (exact) mass is 627 g/mol. The third kappa shape index (κ3) is 6.80. The first-order valence-electron chi connectivity index (χ1n) is 13.3. The van der Waals surface area contributed by atoms with E-state index in [1.807, 2.05) is 0 Å². The first kappa shape index (κ1) is 32.7. The Kier molecular flexibility index (Phi) is 9.27. The molecule has 4 aromatic rings. The number of carbonyl (C=O) groups is 2. The molecule has 0 bridgehead atoms. The van der Waals surface area contributed by atoms with Crippen LogP contribution < -0.4 is 15.2 Å². The number of nitrogens with zero attached hydrogens (tertiary/aromatic N) is 3. The molecule has 0 saturated heterocycles. The summed E-state index contributed by atoms with van der Waals surface area (Å²) < 4.78 is 79.2. The van der Waals surface area contributed by atoms with Gasteiger partial charge in [-0.1, -0.05) is 12.0 Å². The molecule has 0 saturated carbocycles. The lowest BCUT2D eigenvalue weighted by molar-refractivity contribution is -0.157. The van der Waals surface area contributed by atoms with Crippen LogP contribution in [0.3, 0.4) is 0 Å². The molecule has 0 aliphatic heterocycles. The normalized spacial score (nSPS) is 11.3. The zero-order valence-corrected chi connectivity index (χ0v) is 24.5. The summed E-state index contributed by atoms with van der Waals surface area (Å²) >= 11 is 0. The van der Waals surface area contributed by atoms with E-state index in [9.17, 15) is 36.3 Å². The maximum absolute atomic E-state index is 13.9. The SMILES string of the molecule is C#CCN(Cc1ccc2nc(C)n(COC(=O)C(C)(C)C)c(=O)c2c1)c1ccc(C(=O)Oc2c(F)c(F)c(F)c(F)c2F)cc1. The lowest BCUT2D eigenvalue weighted by atomic mass is 9.98. The van der Waals surface area contributed by atoms with Crippen LogP contribution in [-0.4, -0.2) is 28.0 Å². The Labute approximate surface area is 254 Å². The number of terminal acetylenes is 1. The Bertz CT molecular complexity index is 1880. The molecular formula is C32H26F5N3O5. The van der Waals surface area contributed by atoms with E-state index in [1.165, 1.54) is 28.8 Å². The lowest BCUT2D eigenvalue weighted by Gasteiger charge is -2.23. The highest BCUT2D eigenvalue weighted by molar-refractivity contribution is 5.91. The molecule has 4 rings (SSSR count). The summed E-state index contributed by atoms with van der Waals surface area (Å²) in [5.41, 5.74) is 0.165. The molecule has 0 fully saturated rings. The summed E-state index contributed by atoms with van der Waals surface area (Å²) in [6.45, 7) is 6.67. The van der Waals surface area contributed by atoms with Crippen LogP contribution in [0.4, 0.5) is 27.6 Å². The number of ether oxygens (including phenoxy) is 2. The fraction of sp³-hybridized carbons (Fsp3) is 0.250. The van der Waals surface area contributed by atoms with E-state index in [-0.39, 0.29) is 30.8 Å². The highest BCUT2D eigenvalue weighted by Gasteiger charge is 2.29. The molecule has 1 heterocycles. The van der Waals surface area contributed by atoms with Gasteiger partial charge >= 0.3 is 11.9 Å². The number of hydrogen-bond donors (Lipinski definition) is 0. The molecule has 0 aliphatic carbocycles. The van der Waals surface area contributed by atoms with Crippen LogP contribution in [0, 0.1) is 53.8 Å². The highest BCUT2D eigenvalue weighted by Crippen LogP contribution is 2.30. The minimum absolute atomic E-state index is 0.0888. The third-order valence-corrected chi connectivity index (χ3v) is 6.63. The summed E-state index contributed by atoms with van der Waals surface area (Å²) in [6.07, 6.45) is 5.56. The van der Waals surface area contributed by atoms with Crippen molar-refractivity contribution >= 4 is 28.5 Å². The maximum Gasteiger partial charge on any atom is 0.343 e. The number of fused-ring (bicyclic) bond motifs is 1. The Morgan fingerprint density at radius 1 is 0.956 bits per heavy atom. The molecule has 0 N–H and O–H groups in total. The molecule has 0 aliphatic rings. The second-order valence-electron chi connectivity index (χ2n) is 11.0. The number of aryl methyl sites for hydroxylation is 1. The van der Waals surface area contributed by atoms with Gasteiger partial charge in [0.15, 0.2) is 6.73 Å². The van der Waals surface area contributed by atoms with Crippen LogP contribution in [0.25, 0.3) is 10.9 Å². The van der Waals surface area contributed by atoms with Crippen LogP contribution in [0.2, 0.25) is 0 Å². The van der Waals surface area contributed by atoms with Crippen LogP contribution in [-0.2, 0) is 22.8 Å². The average molecular weight is 628 g/mol. The lowest BCUT2D eigenvalue weighted by Crippen LogP contribution is -2.30. The quantitative estimate of drug-likeness (QED) is 0.0609. The molecule has 1 aromatic heterocycles. The van der Waals surface area contributed by atoms with Gasteiger partial charge in [0, 0.05) is 12.2 Å². The van der Waals surface area contributed by atoms with Crippen molar-refractivity contribution in [2.45, 2.75) is 41.0 Å². The number of aromatic nitrogens is 2. The topological polar surface area (TPSA) is 90.7 Å². The number of benzene rings is 3. The van der Waals surface area contributed by atoms with Gasteiger partial charge < -0.3 is 14.4 Å². The van der Waals surface area contributed by atoms with Crippen molar-refractivity contribution in [3.05, 3.63) is 98.9 Å². The Morgan fingerprint density at radius 3 is 2.13 bits per heavy atom.